The summed E-state index contributed by atoms with van der Waals surface area (Å²) in [7, 11) is 3.57. The van der Waals surface area contributed by atoms with Crippen LogP contribution in [0.1, 0.15) is 16.9 Å². The zero-order valence-corrected chi connectivity index (χ0v) is 12.6. The topological polar surface area (TPSA) is 58.8 Å². The van der Waals surface area contributed by atoms with Crippen LogP contribution in [0.15, 0.2) is 46.0 Å². The molecule has 0 aliphatic rings. The van der Waals surface area contributed by atoms with Crippen LogP contribution in [0.3, 0.4) is 0 Å². The molecule has 0 fully saturated rings. The number of aryl methyl sites for hydroxylation is 1. The van der Waals surface area contributed by atoms with Gasteiger partial charge in [0, 0.05) is 26.2 Å². The van der Waals surface area contributed by atoms with Crippen LogP contribution in [0.25, 0.3) is 0 Å². The molecule has 0 spiro atoms. The second kappa shape index (κ2) is 7.38. The summed E-state index contributed by atoms with van der Waals surface area (Å²) >= 11 is 0. The maximum atomic E-state index is 5.87. The van der Waals surface area contributed by atoms with Gasteiger partial charge in [-0.1, -0.05) is 12.1 Å². The van der Waals surface area contributed by atoms with Crippen molar-refractivity contribution in [2.45, 2.75) is 20.1 Å². The van der Waals surface area contributed by atoms with Gasteiger partial charge in [0.25, 0.3) is 0 Å². The van der Waals surface area contributed by atoms with Crippen molar-refractivity contribution in [3.05, 3.63) is 53.5 Å². The van der Waals surface area contributed by atoms with E-state index in [2.05, 4.69) is 27.8 Å². The molecule has 112 valence electrons. The molecule has 1 aromatic heterocycles. The lowest BCUT2D eigenvalue weighted by Gasteiger charge is -2.14. The van der Waals surface area contributed by atoms with E-state index in [0.717, 1.165) is 28.6 Å². The van der Waals surface area contributed by atoms with Gasteiger partial charge in [0.05, 0.1) is 6.26 Å². The van der Waals surface area contributed by atoms with Crippen LogP contribution in [0, 0.1) is 6.92 Å². The number of ether oxygens (including phenoxy) is 1. The highest BCUT2D eigenvalue weighted by molar-refractivity contribution is 5.79. The molecule has 0 saturated carbocycles. The van der Waals surface area contributed by atoms with Crippen molar-refractivity contribution in [1.82, 2.24) is 10.6 Å². The number of aliphatic imine (C=N–C) groups is 1. The molecule has 0 bridgehead atoms. The van der Waals surface area contributed by atoms with Crippen molar-refractivity contribution < 1.29 is 9.15 Å². The minimum absolute atomic E-state index is 0.421. The van der Waals surface area contributed by atoms with Gasteiger partial charge >= 0.3 is 0 Å². The van der Waals surface area contributed by atoms with Crippen LogP contribution in [-0.4, -0.2) is 20.1 Å². The molecule has 5 heteroatoms. The number of benzene rings is 1. The first-order chi connectivity index (χ1) is 10.2. The third kappa shape index (κ3) is 4.27. The second-order valence-corrected chi connectivity index (χ2v) is 4.65. The smallest absolute Gasteiger partial charge is 0.190 e. The summed E-state index contributed by atoms with van der Waals surface area (Å²) in [6.45, 7) is 3.11. The van der Waals surface area contributed by atoms with E-state index in [-0.39, 0.29) is 0 Å². The monoisotopic (exact) mass is 287 g/mol. The van der Waals surface area contributed by atoms with E-state index in [1.807, 2.05) is 32.2 Å². The van der Waals surface area contributed by atoms with Gasteiger partial charge in [-0.25, -0.2) is 0 Å². The molecule has 1 heterocycles. The summed E-state index contributed by atoms with van der Waals surface area (Å²) in [4.78, 5) is 4.09. The van der Waals surface area contributed by atoms with Gasteiger partial charge in [-0.2, -0.15) is 0 Å². The van der Waals surface area contributed by atoms with Crippen LogP contribution in [-0.2, 0) is 13.2 Å². The van der Waals surface area contributed by atoms with E-state index in [1.54, 1.807) is 13.3 Å². The highest BCUT2D eigenvalue weighted by Gasteiger charge is 2.06. The fraction of sp³-hybridized carbons (Fsp3) is 0.312. The molecule has 5 nitrogen and oxygen atoms in total. The Bertz CT molecular complexity index is 592. The Hall–Kier alpha value is -2.43. The first kappa shape index (κ1) is 15.0. The summed E-state index contributed by atoms with van der Waals surface area (Å²) in [5.41, 5.74) is 2.23. The number of guanidine groups is 1. The molecule has 0 aliphatic carbocycles. The number of hydrogen-bond acceptors (Lipinski definition) is 3. The summed E-state index contributed by atoms with van der Waals surface area (Å²) in [5, 5.41) is 6.21. The van der Waals surface area contributed by atoms with Gasteiger partial charge in [0.1, 0.15) is 18.1 Å². The predicted molar refractivity (Wildman–Crippen MR) is 83.5 cm³/mol. The van der Waals surface area contributed by atoms with E-state index in [9.17, 15) is 0 Å². The minimum Gasteiger partial charge on any atom is -0.485 e. The molecule has 0 amide bonds. The van der Waals surface area contributed by atoms with Crippen LogP contribution in [0.2, 0.25) is 0 Å². The summed E-state index contributed by atoms with van der Waals surface area (Å²) < 4.78 is 11.2. The lowest BCUT2D eigenvalue weighted by atomic mass is 10.1. The summed E-state index contributed by atoms with van der Waals surface area (Å²) in [6.07, 6.45) is 1.65. The number of hydrogen-bond donors (Lipinski definition) is 2. The molecular weight excluding hydrogens is 266 g/mol. The minimum atomic E-state index is 0.421. The maximum Gasteiger partial charge on any atom is 0.190 e. The van der Waals surface area contributed by atoms with Gasteiger partial charge in [-0.15, -0.1) is 0 Å². The van der Waals surface area contributed by atoms with Crippen molar-refractivity contribution in [2.24, 2.45) is 4.99 Å². The molecule has 2 rings (SSSR count). The maximum absolute atomic E-state index is 5.87. The zero-order chi connectivity index (χ0) is 15.1. The van der Waals surface area contributed by atoms with Crippen LogP contribution in [0.4, 0.5) is 0 Å². The average Bonchev–Trinajstić information content (AvgIpc) is 3.01. The molecule has 0 aliphatic heterocycles. The van der Waals surface area contributed by atoms with Crippen LogP contribution >= 0.6 is 0 Å². The SMILES string of the molecule is CN=C(NC)NCc1ccc(C)cc1OCc1ccco1. The molecular formula is C16H21N3O2. The normalized spacial score (nSPS) is 11.3. The van der Waals surface area contributed by atoms with Gasteiger partial charge in [-0.3, -0.25) is 4.99 Å². The molecule has 0 atom stereocenters. The Morgan fingerprint density at radius 1 is 1.33 bits per heavy atom. The lowest BCUT2D eigenvalue weighted by Crippen LogP contribution is -2.34. The van der Waals surface area contributed by atoms with E-state index in [4.69, 9.17) is 9.15 Å². The largest absolute Gasteiger partial charge is 0.485 e. The average molecular weight is 287 g/mol. The lowest BCUT2D eigenvalue weighted by molar-refractivity contribution is 0.267. The van der Waals surface area contributed by atoms with E-state index in [0.29, 0.717) is 13.2 Å². The highest BCUT2D eigenvalue weighted by atomic mass is 16.5. The number of furan rings is 1. The second-order valence-electron chi connectivity index (χ2n) is 4.65. The zero-order valence-electron chi connectivity index (χ0n) is 12.6. The molecule has 0 saturated heterocycles. The van der Waals surface area contributed by atoms with E-state index >= 15 is 0 Å². The first-order valence-electron chi connectivity index (χ1n) is 6.86. The van der Waals surface area contributed by atoms with Gasteiger partial charge in [0.2, 0.25) is 0 Å². The third-order valence-corrected chi connectivity index (χ3v) is 3.08. The standard InChI is InChI=1S/C16H21N3O2/c1-12-6-7-13(10-19-16(17-2)18-3)15(9-12)21-11-14-5-4-8-20-14/h4-9H,10-11H2,1-3H3,(H2,17,18,19). The third-order valence-electron chi connectivity index (χ3n) is 3.08. The number of nitrogens with one attached hydrogen (secondary N) is 2. The quantitative estimate of drug-likeness (QED) is 0.655. The highest BCUT2D eigenvalue weighted by Crippen LogP contribution is 2.21. The molecule has 21 heavy (non-hydrogen) atoms. The fourth-order valence-electron chi connectivity index (χ4n) is 1.94. The fourth-order valence-corrected chi connectivity index (χ4v) is 1.94. The van der Waals surface area contributed by atoms with Crippen molar-refractivity contribution in [3.8, 4) is 5.75 Å². The van der Waals surface area contributed by atoms with Gasteiger partial charge in [0.15, 0.2) is 5.96 Å². The Kier molecular flexibility index (Phi) is 5.26. The van der Waals surface area contributed by atoms with Gasteiger partial charge < -0.3 is 19.8 Å². The molecule has 2 aromatic rings. The molecule has 0 radical (unpaired) electrons. The van der Waals surface area contributed by atoms with Crippen molar-refractivity contribution >= 4 is 5.96 Å². The number of rotatable bonds is 5. The van der Waals surface area contributed by atoms with Crippen LogP contribution in [0.5, 0.6) is 5.75 Å². The summed E-state index contributed by atoms with van der Waals surface area (Å²) in [6, 6.07) is 9.91. The number of nitrogens with zero attached hydrogens (tertiary/aromatic N) is 1. The Labute approximate surface area is 125 Å². The predicted octanol–water partition coefficient (Wildman–Crippen LogP) is 2.46. The molecule has 1 aromatic carbocycles. The summed E-state index contributed by atoms with van der Waals surface area (Å²) in [5.74, 6) is 2.40. The van der Waals surface area contributed by atoms with E-state index in [1.165, 1.54) is 0 Å². The molecule has 0 unspecified atom stereocenters. The molecule has 2 N–H and O–H groups in total. The first-order valence-corrected chi connectivity index (χ1v) is 6.86. The van der Waals surface area contributed by atoms with Crippen molar-refractivity contribution in [2.75, 3.05) is 14.1 Å². The van der Waals surface area contributed by atoms with E-state index < -0.39 is 0 Å². The Balaban J connectivity index is 2.06. The Morgan fingerprint density at radius 3 is 2.86 bits per heavy atom. The Morgan fingerprint density at radius 2 is 2.19 bits per heavy atom. The van der Waals surface area contributed by atoms with Crippen molar-refractivity contribution in [1.29, 1.82) is 0 Å². The van der Waals surface area contributed by atoms with Crippen molar-refractivity contribution in [3.63, 3.8) is 0 Å². The van der Waals surface area contributed by atoms with Crippen LogP contribution < -0.4 is 15.4 Å². The van der Waals surface area contributed by atoms with Gasteiger partial charge in [-0.05, 0) is 30.7 Å².